The van der Waals surface area contributed by atoms with Crippen LogP contribution in [-0.2, 0) is 0 Å². The molecule has 2 aromatic heterocycles. The number of aryl methyl sites for hydroxylation is 1. The number of hydrogen-bond acceptors (Lipinski definition) is 9. The smallest absolute Gasteiger partial charge is 0.294 e. The van der Waals surface area contributed by atoms with Crippen molar-refractivity contribution < 1.29 is 14.2 Å². The first kappa shape index (κ1) is 21.7. The van der Waals surface area contributed by atoms with Crippen molar-refractivity contribution >= 4 is 17.4 Å². The van der Waals surface area contributed by atoms with E-state index in [4.69, 9.17) is 15.1 Å². The van der Waals surface area contributed by atoms with Gasteiger partial charge in [-0.3, -0.25) is 4.79 Å². The zero-order chi connectivity index (χ0) is 23.4. The van der Waals surface area contributed by atoms with Gasteiger partial charge in [-0.05, 0) is 60.9 Å². The molecule has 0 atom stereocenters. The molecule has 4 aromatic rings. The molecule has 11 nitrogen and oxygen atoms in total. The summed E-state index contributed by atoms with van der Waals surface area (Å²) in [5, 5.41) is 19.7. The molecule has 0 radical (unpaired) electrons. The second kappa shape index (κ2) is 9.30. The number of carbonyl (C=O) groups is 1. The van der Waals surface area contributed by atoms with Crippen molar-refractivity contribution in [3.63, 3.8) is 0 Å². The van der Waals surface area contributed by atoms with Gasteiger partial charge >= 0.3 is 0 Å². The van der Waals surface area contributed by atoms with Gasteiger partial charge in [0.05, 0.1) is 12.3 Å². The van der Waals surface area contributed by atoms with Gasteiger partial charge in [0.25, 0.3) is 5.91 Å². The average Bonchev–Trinajstić information content (AvgIpc) is 3.44. The topological polar surface area (TPSA) is 146 Å². The molecule has 1 amide bonds. The number of carbonyl (C=O) groups excluding carboxylic acids is 1. The zero-order valence-electron chi connectivity index (χ0n) is 18.3. The first-order chi connectivity index (χ1) is 16.0. The fraction of sp³-hybridized carbons (Fsp3) is 0.182. The molecule has 33 heavy (non-hydrogen) atoms. The van der Waals surface area contributed by atoms with Gasteiger partial charge in [0.15, 0.2) is 5.69 Å². The standard InChI is InChI=1S/C22H22N8O3/c1-4-32-17-11-9-16(10-12-17)19-18(25-29-30(19)21-20(23)27-33-28-21)22(31)26-24-14(3)15-7-5-13(2)6-8-15/h5-12H,4H2,1-3H3,(H2,23,27)(H,26,31)/b24-14-. The van der Waals surface area contributed by atoms with Crippen molar-refractivity contribution in [2.75, 3.05) is 12.3 Å². The SMILES string of the molecule is CCOc1ccc(-c2c(C(=O)N/N=C(/C)c3ccc(C)cc3)nnn2-c2nonc2N)cc1. The summed E-state index contributed by atoms with van der Waals surface area (Å²) in [6.45, 7) is 6.23. The van der Waals surface area contributed by atoms with Gasteiger partial charge in [-0.2, -0.15) is 9.78 Å². The van der Waals surface area contributed by atoms with Crippen LogP contribution in [0, 0.1) is 6.92 Å². The second-order valence-corrected chi connectivity index (χ2v) is 7.13. The van der Waals surface area contributed by atoms with E-state index in [-0.39, 0.29) is 17.3 Å². The van der Waals surface area contributed by atoms with Gasteiger partial charge in [-0.25, -0.2) is 10.1 Å². The van der Waals surface area contributed by atoms with E-state index in [1.165, 1.54) is 4.68 Å². The third-order valence-corrected chi connectivity index (χ3v) is 4.81. The predicted octanol–water partition coefficient (Wildman–Crippen LogP) is 2.76. The summed E-state index contributed by atoms with van der Waals surface area (Å²) in [4.78, 5) is 13.0. The Morgan fingerprint density at radius 2 is 1.88 bits per heavy atom. The number of hydrazone groups is 1. The number of anilines is 1. The lowest BCUT2D eigenvalue weighted by molar-refractivity contribution is 0.0950. The Hall–Kier alpha value is -4.54. The summed E-state index contributed by atoms with van der Waals surface area (Å²) in [5.41, 5.74) is 12.1. The number of nitrogen functional groups attached to an aromatic ring is 1. The molecule has 0 unspecified atom stereocenters. The number of hydrogen-bond donors (Lipinski definition) is 2. The molecule has 0 bridgehead atoms. The minimum atomic E-state index is -0.549. The molecule has 0 saturated carbocycles. The molecule has 3 N–H and O–H groups in total. The number of amides is 1. The summed E-state index contributed by atoms with van der Waals surface area (Å²) >= 11 is 0. The minimum Gasteiger partial charge on any atom is -0.494 e. The van der Waals surface area contributed by atoms with Gasteiger partial charge in [-0.15, -0.1) is 5.10 Å². The van der Waals surface area contributed by atoms with Crippen molar-refractivity contribution in [2.45, 2.75) is 20.8 Å². The number of ether oxygens (including phenoxy) is 1. The van der Waals surface area contributed by atoms with Crippen LogP contribution in [0.2, 0.25) is 0 Å². The van der Waals surface area contributed by atoms with Gasteiger partial charge in [0.1, 0.15) is 11.4 Å². The first-order valence-electron chi connectivity index (χ1n) is 10.2. The van der Waals surface area contributed by atoms with E-state index in [2.05, 4.69) is 31.2 Å². The van der Waals surface area contributed by atoms with Gasteiger partial charge in [0.2, 0.25) is 11.6 Å². The van der Waals surface area contributed by atoms with E-state index in [0.717, 1.165) is 11.1 Å². The van der Waals surface area contributed by atoms with Crippen LogP contribution >= 0.6 is 0 Å². The van der Waals surface area contributed by atoms with E-state index >= 15 is 0 Å². The molecule has 0 fully saturated rings. The fourth-order valence-corrected chi connectivity index (χ4v) is 3.10. The van der Waals surface area contributed by atoms with E-state index in [0.29, 0.717) is 29.3 Å². The molecular formula is C22H22N8O3. The van der Waals surface area contributed by atoms with E-state index in [1.807, 2.05) is 38.1 Å². The lowest BCUT2D eigenvalue weighted by Crippen LogP contribution is -2.21. The Morgan fingerprint density at radius 1 is 1.15 bits per heavy atom. The zero-order valence-corrected chi connectivity index (χ0v) is 18.3. The van der Waals surface area contributed by atoms with Crippen molar-refractivity contribution in [3.05, 3.63) is 65.4 Å². The molecule has 0 aliphatic carbocycles. The van der Waals surface area contributed by atoms with Crippen molar-refractivity contribution in [1.82, 2.24) is 30.7 Å². The van der Waals surface area contributed by atoms with Crippen LogP contribution in [-0.4, -0.2) is 43.5 Å². The van der Waals surface area contributed by atoms with Crippen LogP contribution in [0.5, 0.6) is 5.75 Å². The molecule has 0 saturated heterocycles. The third-order valence-electron chi connectivity index (χ3n) is 4.81. The van der Waals surface area contributed by atoms with Gasteiger partial charge < -0.3 is 10.5 Å². The van der Waals surface area contributed by atoms with Crippen LogP contribution in [0.4, 0.5) is 5.82 Å². The molecule has 168 valence electrons. The second-order valence-electron chi connectivity index (χ2n) is 7.13. The highest BCUT2D eigenvalue weighted by Crippen LogP contribution is 2.28. The van der Waals surface area contributed by atoms with E-state index < -0.39 is 5.91 Å². The Morgan fingerprint density at radius 3 is 2.52 bits per heavy atom. The Bertz CT molecular complexity index is 1290. The highest BCUT2D eigenvalue weighted by atomic mass is 16.6. The molecule has 11 heteroatoms. The van der Waals surface area contributed by atoms with E-state index in [9.17, 15) is 4.79 Å². The number of rotatable bonds is 7. The summed E-state index contributed by atoms with van der Waals surface area (Å²) in [7, 11) is 0. The maximum Gasteiger partial charge on any atom is 0.294 e. The fourth-order valence-electron chi connectivity index (χ4n) is 3.10. The molecule has 4 rings (SSSR count). The molecule has 2 heterocycles. The Balaban J connectivity index is 1.69. The van der Waals surface area contributed by atoms with E-state index in [1.54, 1.807) is 31.2 Å². The molecular weight excluding hydrogens is 424 g/mol. The summed E-state index contributed by atoms with van der Waals surface area (Å²) in [6.07, 6.45) is 0. The predicted molar refractivity (Wildman–Crippen MR) is 121 cm³/mol. The molecule has 0 aliphatic heterocycles. The van der Waals surface area contributed by atoms with Crippen molar-refractivity contribution in [3.8, 4) is 22.8 Å². The number of nitrogens with one attached hydrogen (secondary N) is 1. The van der Waals surface area contributed by atoms with Crippen molar-refractivity contribution in [2.24, 2.45) is 5.10 Å². The molecule has 0 aliphatic rings. The highest BCUT2D eigenvalue weighted by Gasteiger charge is 2.25. The number of nitrogens with two attached hydrogens (primary N) is 1. The minimum absolute atomic E-state index is 0.00674. The van der Waals surface area contributed by atoms with Crippen LogP contribution in [0.1, 0.15) is 35.5 Å². The lowest BCUT2D eigenvalue weighted by atomic mass is 10.1. The largest absolute Gasteiger partial charge is 0.494 e. The highest BCUT2D eigenvalue weighted by molar-refractivity contribution is 6.02. The quantitative estimate of drug-likeness (QED) is 0.325. The first-order valence-corrected chi connectivity index (χ1v) is 10.2. The molecule has 0 spiro atoms. The number of aromatic nitrogens is 5. The number of benzene rings is 2. The number of nitrogens with zero attached hydrogens (tertiary/aromatic N) is 6. The molecule has 2 aromatic carbocycles. The van der Waals surface area contributed by atoms with Crippen LogP contribution in [0.3, 0.4) is 0 Å². The average molecular weight is 446 g/mol. The normalized spacial score (nSPS) is 11.4. The Kier molecular flexibility index (Phi) is 6.11. The third kappa shape index (κ3) is 4.56. The lowest BCUT2D eigenvalue weighted by Gasteiger charge is -2.08. The van der Waals surface area contributed by atoms with Crippen LogP contribution in [0.15, 0.2) is 58.3 Å². The van der Waals surface area contributed by atoms with Crippen LogP contribution in [0.25, 0.3) is 17.1 Å². The van der Waals surface area contributed by atoms with Gasteiger partial charge in [-0.1, -0.05) is 35.0 Å². The Labute approximate surface area is 189 Å². The summed E-state index contributed by atoms with van der Waals surface area (Å²) < 4.78 is 11.5. The monoisotopic (exact) mass is 446 g/mol. The summed E-state index contributed by atoms with van der Waals surface area (Å²) in [6, 6.07) is 14.9. The van der Waals surface area contributed by atoms with Crippen molar-refractivity contribution in [1.29, 1.82) is 0 Å². The van der Waals surface area contributed by atoms with Gasteiger partial charge in [0, 0.05) is 5.56 Å². The van der Waals surface area contributed by atoms with Crippen LogP contribution < -0.4 is 15.9 Å². The maximum atomic E-state index is 13.0. The summed E-state index contributed by atoms with van der Waals surface area (Å²) in [5.74, 6) is 0.260. The maximum absolute atomic E-state index is 13.0.